The van der Waals surface area contributed by atoms with Crippen molar-refractivity contribution in [3.63, 3.8) is 0 Å². The van der Waals surface area contributed by atoms with Crippen molar-refractivity contribution < 1.29 is 0 Å². The number of aryl methyl sites for hydroxylation is 2. The maximum Gasteiger partial charge on any atom is 0.171 e. The molecule has 0 aliphatic rings. The number of rotatable bonds is 5. The van der Waals surface area contributed by atoms with E-state index in [4.69, 9.17) is 17.5 Å². The minimum atomic E-state index is 0.151. The van der Waals surface area contributed by atoms with Crippen LogP contribution in [0.5, 0.6) is 0 Å². The molecule has 0 fully saturated rings. The molecule has 0 saturated heterocycles. The van der Waals surface area contributed by atoms with E-state index < -0.39 is 0 Å². The molecule has 0 heterocycles. The summed E-state index contributed by atoms with van der Waals surface area (Å²) in [5.41, 5.74) is 5.73. The summed E-state index contributed by atoms with van der Waals surface area (Å²) in [6.07, 6.45) is 0.422. The Bertz CT molecular complexity index is 773. The van der Waals surface area contributed by atoms with Gasteiger partial charge in [-0.25, -0.2) is 0 Å². The van der Waals surface area contributed by atoms with Gasteiger partial charge in [-0.1, -0.05) is 49.7 Å². The van der Waals surface area contributed by atoms with Gasteiger partial charge in [0.25, 0.3) is 0 Å². The summed E-state index contributed by atoms with van der Waals surface area (Å²) in [6, 6.07) is 16.6. The van der Waals surface area contributed by atoms with E-state index in [9.17, 15) is 0 Å². The highest BCUT2D eigenvalue weighted by Gasteiger charge is 2.18. The Labute approximate surface area is 156 Å². The smallest absolute Gasteiger partial charge is 0.171 e. The first-order valence-corrected chi connectivity index (χ1v) is 8.92. The molecule has 0 amide bonds. The minimum absolute atomic E-state index is 0.151. The Morgan fingerprint density at radius 3 is 2.36 bits per heavy atom. The first kappa shape index (κ1) is 19.0. The molecule has 4 heteroatoms. The fourth-order valence-electron chi connectivity index (χ4n) is 2.88. The summed E-state index contributed by atoms with van der Waals surface area (Å²) >= 11 is 5.51. The van der Waals surface area contributed by atoms with Crippen LogP contribution in [0.25, 0.3) is 0 Å². The van der Waals surface area contributed by atoms with Gasteiger partial charge in [0.05, 0.1) is 18.5 Å². The van der Waals surface area contributed by atoms with E-state index in [-0.39, 0.29) is 6.04 Å². The summed E-state index contributed by atoms with van der Waals surface area (Å²) in [4.78, 5) is 0. The molecule has 1 unspecified atom stereocenters. The second-order valence-electron chi connectivity index (χ2n) is 6.71. The lowest BCUT2D eigenvalue weighted by Crippen LogP contribution is -2.35. The van der Waals surface area contributed by atoms with Gasteiger partial charge in [-0.2, -0.15) is 5.26 Å². The lowest BCUT2D eigenvalue weighted by Gasteiger charge is -2.26. The predicted molar refractivity (Wildman–Crippen MR) is 109 cm³/mol. The Hall–Kier alpha value is -2.38. The van der Waals surface area contributed by atoms with Crippen LogP contribution in [0.1, 0.15) is 42.1 Å². The molecule has 0 spiro atoms. The maximum atomic E-state index is 8.74. The van der Waals surface area contributed by atoms with Crippen molar-refractivity contribution in [3.8, 4) is 6.07 Å². The second-order valence-corrected chi connectivity index (χ2v) is 7.12. The molecular weight excluding hydrogens is 326 g/mol. The Kier molecular flexibility index (Phi) is 6.55. The molecule has 0 aliphatic heterocycles. The van der Waals surface area contributed by atoms with Crippen molar-refractivity contribution in [2.24, 2.45) is 5.92 Å². The quantitative estimate of drug-likeness (QED) is 0.740. The molecule has 2 N–H and O–H groups in total. The fourth-order valence-corrected chi connectivity index (χ4v) is 3.13. The molecule has 3 nitrogen and oxygen atoms in total. The third kappa shape index (κ3) is 5.30. The van der Waals surface area contributed by atoms with Crippen LogP contribution >= 0.6 is 12.2 Å². The zero-order chi connectivity index (χ0) is 18.4. The number of nitriles is 1. The molecule has 0 saturated carbocycles. The molecule has 0 bridgehead atoms. The molecule has 1 atom stereocenters. The van der Waals surface area contributed by atoms with Crippen molar-refractivity contribution in [2.45, 2.75) is 40.2 Å². The molecular formula is C21H25N3S. The van der Waals surface area contributed by atoms with Gasteiger partial charge in [0, 0.05) is 5.69 Å². The molecule has 0 radical (unpaired) electrons. The topological polar surface area (TPSA) is 47.8 Å². The third-order valence-electron chi connectivity index (χ3n) is 4.21. The largest absolute Gasteiger partial charge is 0.355 e. The number of benzene rings is 2. The Morgan fingerprint density at radius 1 is 1.12 bits per heavy atom. The van der Waals surface area contributed by atoms with Gasteiger partial charge < -0.3 is 10.6 Å². The van der Waals surface area contributed by atoms with Gasteiger partial charge in [-0.15, -0.1) is 0 Å². The molecule has 130 valence electrons. The van der Waals surface area contributed by atoms with Crippen LogP contribution in [0.15, 0.2) is 42.5 Å². The SMILES string of the molecule is Cc1ccc(C(NC(=S)Nc2ccc(CC#N)cc2)C(C)C)c(C)c1. The zero-order valence-corrected chi connectivity index (χ0v) is 16.1. The van der Waals surface area contributed by atoms with Gasteiger partial charge in [-0.05, 0) is 60.8 Å². The van der Waals surface area contributed by atoms with Crippen LogP contribution in [-0.2, 0) is 6.42 Å². The number of hydrogen-bond donors (Lipinski definition) is 2. The fraction of sp³-hybridized carbons (Fsp3) is 0.333. The molecule has 2 rings (SSSR count). The number of anilines is 1. The Morgan fingerprint density at radius 2 is 1.80 bits per heavy atom. The first-order chi connectivity index (χ1) is 11.9. The maximum absolute atomic E-state index is 8.74. The Balaban J connectivity index is 2.09. The molecule has 2 aromatic rings. The van der Waals surface area contributed by atoms with Gasteiger partial charge in [0.15, 0.2) is 5.11 Å². The summed E-state index contributed by atoms with van der Waals surface area (Å²) < 4.78 is 0. The summed E-state index contributed by atoms with van der Waals surface area (Å²) in [5.74, 6) is 0.402. The van der Waals surface area contributed by atoms with E-state index in [1.165, 1.54) is 16.7 Å². The predicted octanol–water partition coefficient (Wildman–Crippen LogP) is 5.05. The van der Waals surface area contributed by atoms with Crippen LogP contribution in [0, 0.1) is 31.1 Å². The van der Waals surface area contributed by atoms with E-state index in [2.05, 4.69) is 62.6 Å². The van der Waals surface area contributed by atoms with E-state index in [0.717, 1.165) is 11.3 Å². The highest BCUT2D eigenvalue weighted by molar-refractivity contribution is 7.80. The van der Waals surface area contributed by atoms with E-state index >= 15 is 0 Å². The molecule has 25 heavy (non-hydrogen) atoms. The van der Waals surface area contributed by atoms with E-state index in [1.54, 1.807) is 0 Å². The number of hydrogen-bond acceptors (Lipinski definition) is 2. The van der Waals surface area contributed by atoms with E-state index in [0.29, 0.717) is 17.5 Å². The van der Waals surface area contributed by atoms with Crippen molar-refractivity contribution >= 4 is 23.0 Å². The lowest BCUT2D eigenvalue weighted by molar-refractivity contribution is 0.471. The van der Waals surface area contributed by atoms with Crippen LogP contribution in [-0.4, -0.2) is 5.11 Å². The summed E-state index contributed by atoms with van der Waals surface area (Å²) in [7, 11) is 0. The molecule has 0 aromatic heterocycles. The third-order valence-corrected chi connectivity index (χ3v) is 4.43. The standard InChI is InChI=1S/C21H25N3S/c1-14(2)20(19-10-5-15(3)13-16(19)4)24-21(25)23-18-8-6-17(7-9-18)11-12-22/h5-10,13-14,20H,11H2,1-4H3,(H2,23,24,25). The monoisotopic (exact) mass is 351 g/mol. The van der Waals surface area contributed by atoms with Crippen molar-refractivity contribution in [2.75, 3.05) is 5.32 Å². The lowest BCUT2D eigenvalue weighted by atomic mass is 9.92. The van der Waals surface area contributed by atoms with Crippen molar-refractivity contribution in [1.82, 2.24) is 5.32 Å². The minimum Gasteiger partial charge on any atom is -0.355 e. The highest BCUT2D eigenvalue weighted by atomic mass is 32.1. The van der Waals surface area contributed by atoms with E-state index in [1.807, 2.05) is 24.3 Å². The number of nitrogens with one attached hydrogen (secondary N) is 2. The van der Waals surface area contributed by atoms with Crippen LogP contribution in [0.3, 0.4) is 0 Å². The van der Waals surface area contributed by atoms with Gasteiger partial charge in [0.2, 0.25) is 0 Å². The molecule has 2 aromatic carbocycles. The highest BCUT2D eigenvalue weighted by Crippen LogP contribution is 2.25. The summed E-state index contributed by atoms with van der Waals surface area (Å²) in [6.45, 7) is 8.63. The number of thiocarbonyl (C=S) groups is 1. The molecule has 0 aliphatic carbocycles. The van der Waals surface area contributed by atoms with Gasteiger partial charge in [0.1, 0.15) is 0 Å². The van der Waals surface area contributed by atoms with Crippen LogP contribution in [0.2, 0.25) is 0 Å². The van der Waals surface area contributed by atoms with Gasteiger partial charge in [-0.3, -0.25) is 0 Å². The normalized spacial score (nSPS) is 11.7. The second kappa shape index (κ2) is 8.64. The van der Waals surface area contributed by atoms with Crippen LogP contribution < -0.4 is 10.6 Å². The first-order valence-electron chi connectivity index (χ1n) is 8.51. The van der Waals surface area contributed by atoms with Crippen LogP contribution in [0.4, 0.5) is 5.69 Å². The zero-order valence-electron chi connectivity index (χ0n) is 15.3. The van der Waals surface area contributed by atoms with Gasteiger partial charge >= 0.3 is 0 Å². The average molecular weight is 352 g/mol. The summed E-state index contributed by atoms with van der Waals surface area (Å²) in [5, 5.41) is 16.0. The average Bonchev–Trinajstić information content (AvgIpc) is 2.55. The van der Waals surface area contributed by atoms with Crippen molar-refractivity contribution in [3.05, 3.63) is 64.7 Å². The van der Waals surface area contributed by atoms with Crippen molar-refractivity contribution in [1.29, 1.82) is 5.26 Å². The number of nitrogens with zero attached hydrogens (tertiary/aromatic N) is 1.